The fourth-order valence-corrected chi connectivity index (χ4v) is 5.04. The largest absolute Gasteiger partial charge is 0.373 e. The zero-order valence-corrected chi connectivity index (χ0v) is 22.9. The second-order valence-electron chi connectivity index (χ2n) is 9.42. The van der Waals surface area contributed by atoms with E-state index in [1.54, 1.807) is 50.2 Å². The lowest BCUT2D eigenvalue weighted by Crippen LogP contribution is -2.70. The molecule has 2 aromatic heterocycles. The number of imide groups is 1. The number of carbonyl (C=O) groups is 3. The minimum absolute atomic E-state index is 0.289. The highest BCUT2D eigenvalue weighted by atomic mass is 35.5. The van der Waals surface area contributed by atoms with Crippen LogP contribution in [-0.2, 0) is 23.1 Å². The Morgan fingerprint density at radius 3 is 2.63 bits per heavy atom. The summed E-state index contributed by atoms with van der Waals surface area (Å²) in [5.74, 6) is -0.434. The maximum atomic E-state index is 13.8. The van der Waals surface area contributed by atoms with Crippen LogP contribution in [0.25, 0.3) is 0 Å². The molecule has 1 unspecified atom stereocenters. The Bertz CT molecular complexity index is 1360. The molecule has 10 nitrogen and oxygen atoms in total. The number of rotatable bonds is 8. The van der Waals surface area contributed by atoms with Crippen molar-refractivity contribution in [2.24, 2.45) is 13.0 Å². The van der Waals surface area contributed by atoms with Crippen molar-refractivity contribution in [3.63, 3.8) is 0 Å². The zero-order chi connectivity index (χ0) is 27.6. The summed E-state index contributed by atoms with van der Waals surface area (Å²) in [6.45, 7) is 3.79. The summed E-state index contributed by atoms with van der Waals surface area (Å²) < 4.78 is 1.70. The number of nitrogens with one attached hydrogen (secondary N) is 2. The van der Waals surface area contributed by atoms with E-state index in [-0.39, 0.29) is 12.5 Å². The molecule has 3 atom stereocenters. The quantitative estimate of drug-likeness (QED) is 0.424. The number of nitrogens with zero attached hydrogens (tertiary/aromatic N) is 5. The van der Waals surface area contributed by atoms with Crippen LogP contribution in [-0.4, -0.2) is 57.4 Å². The van der Waals surface area contributed by atoms with E-state index in [1.807, 2.05) is 38.1 Å². The minimum Gasteiger partial charge on any atom is -0.373 e. The van der Waals surface area contributed by atoms with Crippen LogP contribution in [0, 0.1) is 12.8 Å². The smallest absolute Gasteiger partial charge is 0.325 e. The molecular weight excluding hydrogens is 506 g/mol. The maximum absolute atomic E-state index is 13.8. The lowest BCUT2D eigenvalue weighted by molar-refractivity contribution is -0.156. The van der Waals surface area contributed by atoms with E-state index in [4.69, 9.17) is 11.6 Å². The molecule has 0 spiro atoms. The van der Waals surface area contributed by atoms with Crippen molar-refractivity contribution < 1.29 is 14.4 Å². The molecule has 0 radical (unpaired) electrons. The van der Waals surface area contributed by atoms with Crippen LogP contribution >= 0.6 is 11.6 Å². The number of benzene rings is 1. The Labute approximate surface area is 227 Å². The highest BCUT2D eigenvalue weighted by Crippen LogP contribution is 2.33. The number of amides is 4. The highest BCUT2D eigenvalue weighted by molar-refractivity contribution is 6.30. The van der Waals surface area contributed by atoms with Crippen LogP contribution < -0.4 is 15.5 Å². The number of hydrogen-bond donors (Lipinski definition) is 2. The molecular formula is C27H32ClN7O3. The number of halogens is 1. The molecule has 4 amide bonds. The van der Waals surface area contributed by atoms with E-state index in [1.165, 1.54) is 4.90 Å². The van der Waals surface area contributed by atoms with Crippen LogP contribution in [0.4, 0.5) is 16.6 Å². The van der Waals surface area contributed by atoms with E-state index in [2.05, 4.69) is 20.6 Å². The van der Waals surface area contributed by atoms with Crippen LogP contribution in [0.3, 0.4) is 0 Å². The van der Waals surface area contributed by atoms with Gasteiger partial charge in [-0.05, 0) is 55.2 Å². The van der Waals surface area contributed by atoms with Gasteiger partial charge in [-0.1, -0.05) is 30.7 Å². The highest BCUT2D eigenvalue weighted by Gasteiger charge is 2.55. The average molecular weight is 538 g/mol. The Balaban J connectivity index is 1.62. The normalized spacial score (nSPS) is 17.5. The fraction of sp³-hybridized carbons (Fsp3) is 0.370. The van der Waals surface area contributed by atoms with Crippen molar-refractivity contribution >= 4 is 41.2 Å². The summed E-state index contributed by atoms with van der Waals surface area (Å²) in [6, 6.07) is 8.94. The van der Waals surface area contributed by atoms with Gasteiger partial charge < -0.3 is 15.2 Å². The summed E-state index contributed by atoms with van der Waals surface area (Å²) in [5.41, 5.74) is 2.45. The van der Waals surface area contributed by atoms with E-state index in [0.29, 0.717) is 23.2 Å². The van der Waals surface area contributed by atoms with Gasteiger partial charge in [0, 0.05) is 44.3 Å². The molecule has 0 saturated carbocycles. The third-order valence-electron chi connectivity index (χ3n) is 6.79. The Kier molecular flexibility index (Phi) is 8.01. The van der Waals surface area contributed by atoms with Gasteiger partial charge in [-0.3, -0.25) is 19.4 Å². The topological polar surface area (TPSA) is 112 Å². The third kappa shape index (κ3) is 5.35. The number of aryl methyl sites for hydroxylation is 2. The number of urea groups is 1. The number of β-lactam (4-membered cyclic amide) rings is 1. The molecule has 0 aliphatic carbocycles. The van der Waals surface area contributed by atoms with Crippen LogP contribution in [0.15, 0.2) is 48.8 Å². The van der Waals surface area contributed by atoms with Crippen molar-refractivity contribution in [3.05, 3.63) is 70.6 Å². The number of imidazole rings is 1. The predicted molar refractivity (Wildman–Crippen MR) is 146 cm³/mol. The Hall–Kier alpha value is -3.92. The lowest BCUT2D eigenvalue weighted by Gasteiger charge is -2.45. The Morgan fingerprint density at radius 2 is 2.00 bits per heavy atom. The van der Waals surface area contributed by atoms with Gasteiger partial charge in [0.15, 0.2) is 0 Å². The van der Waals surface area contributed by atoms with E-state index >= 15 is 0 Å². The van der Waals surface area contributed by atoms with Gasteiger partial charge in [0.25, 0.3) is 5.91 Å². The van der Waals surface area contributed by atoms with Crippen LogP contribution in [0.1, 0.15) is 36.2 Å². The van der Waals surface area contributed by atoms with Crippen molar-refractivity contribution in [1.29, 1.82) is 0 Å². The molecule has 0 bridgehead atoms. The number of hydrogen-bond acceptors (Lipinski definition) is 6. The first-order valence-electron chi connectivity index (χ1n) is 12.4. The number of pyridine rings is 1. The van der Waals surface area contributed by atoms with Gasteiger partial charge in [0.05, 0.1) is 12.0 Å². The molecule has 1 saturated heterocycles. The molecule has 4 rings (SSSR count). The zero-order valence-electron chi connectivity index (χ0n) is 22.1. The molecule has 1 aliphatic rings. The van der Waals surface area contributed by atoms with Crippen LogP contribution in [0.5, 0.6) is 0 Å². The van der Waals surface area contributed by atoms with E-state index in [9.17, 15) is 14.4 Å². The second kappa shape index (κ2) is 11.2. The fourth-order valence-electron chi connectivity index (χ4n) is 4.84. The first kappa shape index (κ1) is 27.1. The molecule has 11 heteroatoms. The number of likely N-dealkylation sites (tertiary alicyclic amines) is 1. The summed E-state index contributed by atoms with van der Waals surface area (Å²) in [7, 11) is 5.14. The SMILES string of the molecule is CCC(NC(=O)N1C(=O)[C@H](Cc2cc(C)nc(NC)c2)[C@H]1C(=O)N(C)c1nccn1C)c1cccc(Cl)c1. The van der Waals surface area contributed by atoms with E-state index < -0.39 is 29.8 Å². The van der Waals surface area contributed by atoms with Gasteiger partial charge in [-0.15, -0.1) is 0 Å². The molecule has 1 aliphatic heterocycles. The first-order chi connectivity index (χ1) is 18.1. The predicted octanol–water partition coefficient (Wildman–Crippen LogP) is 3.71. The van der Waals surface area contributed by atoms with Crippen molar-refractivity contribution in [1.82, 2.24) is 24.8 Å². The summed E-state index contributed by atoms with van der Waals surface area (Å²) in [5, 5.41) is 6.48. The van der Waals surface area contributed by atoms with Crippen molar-refractivity contribution in [2.75, 3.05) is 24.3 Å². The molecule has 200 valence electrons. The molecule has 3 aromatic rings. The monoisotopic (exact) mass is 537 g/mol. The lowest BCUT2D eigenvalue weighted by atomic mass is 9.81. The number of aromatic nitrogens is 3. The summed E-state index contributed by atoms with van der Waals surface area (Å²) in [6.07, 6.45) is 4.18. The molecule has 38 heavy (non-hydrogen) atoms. The molecule has 1 fully saturated rings. The van der Waals surface area contributed by atoms with Crippen LogP contribution in [0.2, 0.25) is 5.02 Å². The number of carbonyl (C=O) groups excluding carboxylic acids is 3. The van der Waals surface area contributed by atoms with Crippen molar-refractivity contribution in [2.45, 2.75) is 38.8 Å². The van der Waals surface area contributed by atoms with Crippen molar-refractivity contribution in [3.8, 4) is 0 Å². The molecule has 1 aromatic carbocycles. The first-order valence-corrected chi connectivity index (χ1v) is 12.8. The third-order valence-corrected chi connectivity index (χ3v) is 7.03. The number of likely N-dealkylation sites (N-methyl/N-ethyl adjacent to an activating group) is 1. The summed E-state index contributed by atoms with van der Waals surface area (Å²) >= 11 is 6.15. The Morgan fingerprint density at radius 1 is 1.24 bits per heavy atom. The molecule has 3 heterocycles. The van der Waals surface area contributed by atoms with Gasteiger partial charge in [0.1, 0.15) is 11.9 Å². The standard InChI is InChI=1S/C27H32ClN7O3/c1-6-21(18-8-7-9-19(28)15-18)32-27(38)35-23(25(37)34(5)26-30-10-11-33(26)4)20(24(35)36)13-17-12-16(2)31-22(14-17)29-3/h7-12,14-15,20-21,23H,6,13H2,1-5H3,(H,29,31)(H,32,38)/t20-,21?,23+/m1/s1. The van der Waals surface area contributed by atoms with Gasteiger partial charge >= 0.3 is 6.03 Å². The van der Waals surface area contributed by atoms with Gasteiger partial charge in [-0.25, -0.2) is 14.8 Å². The van der Waals surface area contributed by atoms with E-state index in [0.717, 1.165) is 21.7 Å². The van der Waals surface area contributed by atoms with Gasteiger partial charge in [-0.2, -0.15) is 0 Å². The maximum Gasteiger partial charge on any atom is 0.325 e. The second-order valence-corrected chi connectivity index (χ2v) is 9.85. The molecule has 2 N–H and O–H groups in total. The summed E-state index contributed by atoms with van der Waals surface area (Å²) in [4.78, 5) is 51.7. The number of anilines is 2. The van der Waals surface area contributed by atoms with Gasteiger partial charge in [0.2, 0.25) is 11.9 Å². The minimum atomic E-state index is -0.993. The average Bonchev–Trinajstić information content (AvgIpc) is 3.33.